The van der Waals surface area contributed by atoms with Gasteiger partial charge in [0.15, 0.2) is 5.60 Å². The average Bonchev–Trinajstić information content (AvgIpc) is 2.66. The minimum Gasteiger partial charge on any atom is -0.461 e. The Bertz CT molecular complexity index is 756. The Morgan fingerprint density at radius 2 is 1.23 bits per heavy atom. The van der Waals surface area contributed by atoms with Gasteiger partial charge in [-0.25, -0.2) is 9.59 Å². The molecule has 1 unspecified atom stereocenters. The quantitative estimate of drug-likeness (QED) is 0.560. The molecule has 2 aromatic carbocycles. The van der Waals surface area contributed by atoms with E-state index < -0.39 is 23.5 Å². The lowest BCUT2D eigenvalue weighted by Crippen LogP contribution is -2.42. The van der Waals surface area contributed by atoms with Crippen molar-refractivity contribution in [1.82, 2.24) is 0 Å². The van der Waals surface area contributed by atoms with E-state index in [9.17, 15) is 14.4 Å². The molecule has 0 aliphatic rings. The molecule has 0 N–H and O–H groups in total. The molecule has 0 amide bonds. The van der Waals surface area contributed by atoms with Crippen LogP contribution >= 0.6 is 0 Å². The van der Waals surface area contributed by atoms with Crippen LogP contribution < -0.4 is 0 Å². The predicted molar refractivity (Wildman–Crippen MR) is 93.6 cm³/mol. The summed E-state index contributed by atoms with van der Waals surface area (Å²) in [6.07, 6.45) is 0. The number of hydrogen-bond donors (Lipinski definition) is 0. The van der Waals surface area contributed by atoms with Crippen LogP contribution in [0.3, 0.4) is 0 Å². The van der Waals surface area contributed by atoms with Gasteiger partial charge in [0, 0.05) is 6.92 Å². The lowest BCUT2D eigenvalue weighted by Gasteiger charge is -2.28. The summed E-state index contributed by atoms with van der Waals surface area (Å²) >= 11 is 0. The zero-order valence-electron chi connectivity index (χ0n) is 14.6. The highest BCUT2D eigenvalue weighted by Crippen LogP contribution is 2.17. The van der Waals surface area contributed by atoms with E-state index in [1.54, 1.807) is 60.7 Å². The van der Waals surface area contributed by atoms with Crippen LogP contribution in [0, 0.1) is 0 Å². The van der Waals surface area contributed by atoms with Crippen molar-refractivity contribution in [3.63, 3.8) is 0 Å². The zero-order valence-corrected chi connectivity index (χ0v) is 14.6. The first-order valence-corrected chi connectivity index (χ1v) is 8.03. The Morgan fingerprint density at radius 1 is 0.769 bits per heavy atom. The van der Waals surface area contributed by atoms with E-state index >= 15 is 0 Å². The van der Waals surface area contributed by atoms with E-state index in [0.717, 1.165) is 0 Å². The molecule has 6 nitrogen and oxygen atoms in total. The normalized spacial score (nSPS) is 12.5. The number of carbonyl (C=O) groups excluding carboxylic acids is 3. The Balaban J connectivity index is 2.07. The molecule has 136 valence electrons. The first kappa shape index (κ1) is 19.2. The smallest absolute Gasteiger partial charge is 0.338 e. The number of ether oxygens (including phenoxy) is 3. The number of carbonyl (C=O) groups is 3. The Labute approximate surface area is 151 Å². The Hall–Kier alpha value is -3.15. The second kappa shape index (κ2) is 8.80. The molecule has 0 heterocycles. The first-order valence-electron chi connectivity index (χ1n) is 8.03. The fourth-order valence-corrected chi connectivity index (χ4v) is 2.09. The fraction of sp³-hybridized carbons (Fsp3) is 0.250. The monoisotopic (exact) mass is 356 g/mol. The third-order valence-corrected chi connectivity index (χ3v) is 3.45. The van der Waals surface area contributed by atoms with Gasteiger partial charge in [-0.2, -0.15) is 0 Å². The van der Waals surface area contributed by atoms with Gasteiger partial charge in [-0.05, 0) is 31.2 Å². The molecule has 26 heavy (non-hydrogen) atoms. The van der Waals surface area contributed by atoms with Crippen LogP contribution in [0.4, 0.5) is 0 Å². The third kappa shape index (κ3) is 5.73. The zero-order chi connectivity index (χ0) is 19.0. The summed E-state index contributed by atoms with van der Waals surface area (Å²) in [7, 11) is 0. The van der Waals surface area contributed by atoms with Gasteiger partial charge < -0.3 is 14.2 Å². The first-order chi connectivity index (χ1) is 12.4. The summed E-state index contributed by atoms with van der Waals surface area (Å²) in [4.78, 5) is 35.6. The second-order valence-electron chi connectivity index (χ2n) is 5.93. The van der Waals surface area contributed by atoms with Crippen molar-refractivity contribution >= 4 is 17.9 Å². The summed E-state index contributed by atoms with van der Waals surface area (Å²) in [5.74, 6) is -1.69. The molecule has 2 aromatic rings. The van der Waals surface area contributed by atoms with Crippen LogP contribution in [-0.4, -0.2) is 36.7 Å². The molecular formula is C20H20O6. The molecule has 0 aromatic heterocycles. The number of benzene rings is 2. The molecule has 0 radical (unpaired) electrons. The molecule has 0 fully saturated rings. The molecule has 1 atom stereocenters. The minimum absolute atomic E-state index is 0.233. The van der Waals surface area contributed by atoms with Crippen LogP contribution in [0.15, 0.2) is 60.7 Å². The van der Waals surface area contributed by atoms with Gasteiger partial charge in [0.25, 0.3) is 0 Å². The largest absolute Gasteiger partial charge is 0.461 e. The van der Waals surface area contributed by atoms with Gasteiger partial charge in [0.2, 0.25) is 0 Å². The van der Waals surface area contributed by atoms with Gasteiger partial charge in [-0.3, -0.25) is 4.79 Å². The topological polar surface area (TPSA) is 78.9 Å². The minimum atomic E-state index is -1.32. The van der Waals surface area contributed by atoms with E-state index in [1.165, 1.54) is 13.8 Å². The molecule has 0 bridgehead atoms. The highest BCUT2D eigenvalue weighted by molar-refractivity contribution is 5.90. The second-order valence-corrected chi connectivity index (χ2v) is 5.93. The van der Waals surface area contributed by atoms with Gasteiger partial charge in [-0.1, -0.05) is 36.4 Å². The summed E-state index contributed by atoms with van der Waals surface area (Å²) in [6, 6.07) is 16.8. The van der Waals surface area contributed by atoms with Crippen LogP contribution in [0.2, 0.25) is 0 Å². The number of esters is 3. The summed E-state index contributed by atoms with van der Waals surface area (Å²) < 4.78 is 15.7. The molecule has 0 spiro atoms. The maximum atomic E-state index is 12.3. The lowest BCUT2D eigenvalue weighted by molar-refractivity contribution is -0.150. The highest BCUT2D eigenvalue weighted by atomic mass is 16.6. The Kier molecular flexibility index (Phi) is 6.49. The van der Waals surface area contributed by atoms with Gasteiger partial charge in [0.05, 0.1) is 11.1 Å². The summed E-state index contributed by atoms with van der Waals surface area (Å²) in [5, 5.41) is 0. The van der Waals surface area contributed by atoms with E-state index in [-0.39, 0.29) is 13.2 Å². The molecule has 6 heteroatoms. The average molecular weight is 356 g/mol. The fourth-order valence-electron chi connectivity index (χ4n) is 2.09. The molecule has 0 aliphatic heterocycles. The number of rotatable bonds is 7. The Morgan fingerprint density at radius 3 is 1.73 bits per heavy atom. The van der Waals surface area contributed by atoms with E-state index in [4.69, 9.17) is 14.2 Å². The molecular weight excluding hydrogens is 336 g/mol. The van der Waals surface area contributed by atoms with Crippen molar-refractivity contribution < 1.29 is 28.6 Å². The molecule has 0 saturated heterocycles. The van der Waals surface area contributed by atoms with Crippen LogP contribution in [0.25, 0.3) is 0 Å². The summed E-state index contributed by atoms with van der Waals surface area (Å²) in [6.45, 7) is 2.29. The lowest BCUT2D eigenvalue weighted by atomic mass is 10.1. The highest BCUT2D eigenvalue weighted by Gasteiger charge is 2.33. The van der Waals surface area contributed by atoms with Crippen molar-refractivity contribution in [2.24, 2.45) is 0 Å². The van der Waals surface area contributed by atoms with Crippen molar-refractivity contribution in [3.05, 3.63) is 71.8 Å². The number of hydrogen-bond acceptors (Lipinski definition) is 6. The SMILES string of the molecule is CC(=O)OCC(C)(COC(=O)c1ccccc1)OC(=O)c1ccccc1. The molecule has 0 saturated carbocycles. The van der Waals surface area contributed by atoms with Crippen molar-refractivity contribution in [3.8, 4) is 0 Å². The standard InChI is InChI=1S/C20H20O6/c1-15(21)24-13-20(2,26-19(23)17-11-7-4-8-12-17)14-25-18(22)16-9-5-3-6-10-16/h3-12H,13-14H2,1-2H3. The molecule has 0 aliphatic carbocycles. The molecule has 2 rings (SSSR count). The van der Waals surface area contributed by atoms with Gasteiger partial charge >= 0.3 is 17.9 Å². The van der Waals surface area contributed by atoms with Crippen LogP contribution in [0.1, 0.15) is 34.6 Å². The maximum Gasteiger partial charge on any atom is 0.338 e. The van der Waals surface area contributed by atoms with Crippen LogP contribution in [-0.2, 0) is 19.0 Å². The van der Waals surface area contributed by atoms with Crippen LogP contribution in [0.5, 0.6) is 0 Å². The maximum absolute atomic E-state index is 12.3. The summed E-state index contributed by atoms with van der Waals surface area (Å²) in [5.41, 5.74) is -0.601. The van der Waals surface area contributed by atoms with E-state index in [2.05, 4.69) is 0 Å². The van der Waals surface area contributed by atoms with E-state index in [1.807, 2.05) is 0 Å². The third-order valence-electron chi connectivity index (χ3n) is 3.45. The van der Waals surface area contributed by atoms with Gasteiger partial charge in [-0.15, -0.1) is 0 Å². The van der Waals surface area contributed by atoms with Crippen molar-refractivity contribution in [1.29, 1.82) is 0 Å². The van der Waals surface area contributed by atoms with Crippen molar-refractivity contribution in [2.45, 2.75) is 19.4 Å². The van der Waals surface area contributed by atoms with Crippen molar-refractivity contribution in [2.75, 3.05) is 13.2 Å². The predicted octanol–water partition coefficient (Wildman–Crippen LogP) is 3.02. The van der Waals surface area contributed by atoms with E-state index in [0.29, 0.717) is 11.1 Å². The van der Waals surface area contributed by atoms with Gasteiger partial charge in [0.1, 0.15) is 13.2 Å².